The molecule has 2 aliphatic heterocycles. The lowest BCUT2D eigenvalue weighted by atomic mass is 10.1. The summed E-state index contributed by atoms with van der Waals surface area (Å²) in [5.41, 5.74) is 5.64. The smallest absolute Gasteiger partial charge is 0.174 e. The molecule has 0 spiro atoms. The molecule has 1 unspecified atom stereocenters. The summed E-state index contributed by atoms with van der Waals surface area (Å²) in [4.78, 5) is 11.8. The highest BCUT2D eigenvalue weighted by molar-refractivity contribution is 5.74. The number of benzene rings is 1. The largest absolute Gasteiger partial charge is 0.354 e. The summed E-state index contributed by atoms with van der Waals surface area (Å²) < 4.78 is 1.96. The summed E-state index contributed by atoms with van der Waals surface area (Å²) in [6.45, 7) is 3.34. The van der Waals surface area contributed by atoms with Crippen LogP contribution < -0.4 is 15.6 Å². The lowest BCUT2D eigenvalue weighted by Gasteiger charge is -2.27. The minimum Gasteiger partial charge on any atom is -0.354 e. The van der Waals surface area contributed by atoms with Gasteiger partial charge in [0.2, 0.25) is 0 Å². The van der Waals surface area contributed by atoms with Crippen LogP contribution in [0.5, 0.6) is 0 Å². The molecule has 0 bridgehead atoms. The first-order valence-electron chi connectivity index (χ1n) is 9.86. The van der Waals surface area contributed by atoms with Crippen LogP contribution in [0.4, 0.5) is 11.6 Å². The van der Waals surface area contributed by atoms with E-state index in [-0.39, 0.29) is 6.04 Å². The standard InChI is InChI=1S/C22H24N6/c1-16-7-6-13-27(16)21-11-5-10-20(25-21)24-19-15-18(17-8-3-2-4-9-17)26-28-14-12-23-22(19)28/h2-5,8-12,14-16,18,26H,6-7,13H2,1H3,(H,24,25)/t16-,18?/m1/s1. The summed E-state index contributed by atoms with van der Waals surface area (Å²) in [6, 6.07) is 17.2. The van der Waals surface area contributed by atoms with Crippen molar-refractivity contribution in [1.82, 2.24) is 14.6 Å². The molecule has 0 saturated carbocycles. The highest BCUT2D eigenvalue weighted by Crippen LogP contribution is 2.29. The van der Waals surface area contributed by atoms with E-state index in [0.717, 1.165) is 29.7 Å². The van der Waals surface area contributed by atoms with Gasteiger partial charge in [0, 0.05) is 25.0 Å². The van der Waals surface area contributed by atoms with Gasteiger partial charge in [0.25, 0.3) is 0 Å². The van der Waals surface area contributed by atoms with Crippen LogP contribution in [-0.2, 0) is 0 Å². The number of nitrogens with one attached hydrogen (secondary N) is 2. The Morgan fingerprint density at radius 3 is 2.82 bits per heavy atom. The van der Waals surface area contributed by atoms with Gasteiger partial charge >= 0.3 is 0 Å². The normalized spacial score (nSPS) is 21.0. The third-order valence-electron chi connectivity index (χ3n) is 5.50. The lowest BCUT2D eigenvalue weighted by Crippen LogP contribution is -2.28. The monoisotopic (exact) mass is 372 g/mol. The van der Waals surface area contributed by atoms with E-state index in [4.69, 9.17) is 4.98 Å². The molecule has 1 aromatic carbocycles. The Labute approximate surface area is 164 Å². The summed E-state index contributed by atoms with van der Waals surface area (Å²) in [7, 11) is 0. The van der Waals surface area contributed by atoms with Crippen LogP contribution in [0.25, 0.3) is 5.70 Å². The first-order valence-corrected chi connectivity index (χ1v) is 9.86. The molecule has 4 heterocycles. The molecule has 1 saturated heterocycles. The molecule has 3 aromatic rings. The van der Waals surface area contributed by atoms with Crippen molar-refractivity contribution in [2.24, 2.45) is 0 Å². The molecule has 2 aromatic heterocycles. The molecular formula is C22H24N6. The van der Waals surface area contributed by atoms with Gasteiger partial charge in [0.1, 0.15) is 11.6 Å². The summed E-state index contributed by atoms with van der Waals surface area (Å²) in [5.74, 6) is 2.73. The minimum atomic E-state index is 0.0622. The predicted molar refractivity (Wildman–Crippen MR) is 113 cm³/mol. The van der Waals surface area contributed by atoms with Crippen LogP contribution >= 0.6 is 0 Å². The zero-order chi connectivity index (χ0) is 18.9. The Balaban J connectivity index is 1.45. The van der Waals surface area contributed by atoms with Crippen molar-refractivity contribution in [1.29, 1.82) is 0 Å². The zero-order valence-electron chi connectivity index (χ0n) is 15.9. The average Bonchev–Trinajstić information content (AvgIpc) is 3.38. The highest BCUT2D eigenvalue weighted by atomic mass is 15.5. The Hall–Kier alpha value is -3.28. The fourth-order valence-corrected chi connectivity index (χ4v) is 4.03. The van der Waals surface area contributed by atoms with Gasteiger partial charge in [-0.3, -0.25) is 0 Å². The molecule has 0 radical (unpaired) electrons. The molecule has 1 fully saturated rings. The second-order valence-electron chi connectivity index (χ2n) is 7.41. The molecule has 28 heavy (non-hydrogen) atoms. The van der Waals surface area contributed by atoms with Crippen LogP contribution in [-0.4, -0.2) is 27.2 Å². The van der Waals surface area contributed by atoms with Crippen molar-refractivity contribution in [2.45, 2.75) is 31.8 Å². The number of anilines is 2. The Morgan fingerprint density at radius 1 is 1.11 bits per heavy atom. The van der Waals surface area contributed by atoms with E-state index in [9.17, 15) is 0 Å². The number of hydrogen-bond donors (Lipinski definition) is 2. The molecule has 5 rings (SSSR count). The predicted octanol–water partition coefficient (Wildman–Crippen LogP) is 4.02. The molecule has 2 N–H and O–H groups in total. The van der Waals surface area contributed by atoms with Crippen molar-refractivity contribution in [3.05, 3.63) is 78.4 Å². The number of fused-ring (bicyclic) bond motifs is 1. The van der Waals surface area contributed by atoms with Crippen molar-refractivity contribution in [3.8, 4) is 0 Å². The zero-order valence-corrected chi connectivity index (χ0v) is 15.9. The second-order valence-corrected chi connectivity index (χ2v) is 7.41. The maximum atomic E-state index is 4.87. The van der Waals surface area contributed by atoms with E-state index in [1.807, 2.05) is 23.0 Å². The number of nitrogens with zero attached hydrogens (tertiary/aromatic N) is 4. The van der Waals surface area contributed by atoms with Gasteiger partial charge in [-0.2, -0.15) is 0 Å². The SMILES string of the molecule is C[C@@H]1CCCN1c1cccc(NC2=CC(c3ccccc3)Nn3ccnc32)n1. The van der Waals surface area contributed by atoms with Gasteiger partial charge in [-0.05, 0) is 43.5 Å². The fourth-order valence-electron chi connectivity index (χ4n) is 4.03. The van der Waals surface area contributed by atoms with Crippen molar-refractivity contribution in [3.63, 3.8) is 0 Å². The van der Waals surface area contributed by atoms with Crippen LogP contribution in [0.1, 0.15) is 37.2 Å². The van der Waals surface area contributed by atoms with Crippen LogP contribution in [0.15, 0.2) is 67.0 Å². The molecule has 142 valence electrons. The first kappa shape index (κ1) is 16.9. The van der Waals surface area contributed by atoms with E-state index in [2.05, 4.69) is 70.0 Å². The van der Waals surface area contributed by atoms with E-state index < -0.39 is 0 Å². The van der Waals surface area contributed by atoms with Crippen LogP contribution in [0.3, 0.4) is 0 Å². The van der Waals surface area contributed by atoms with Crippen LogP contribution in [0.2, 0.25) is 0 Å². The van der Waals surface area contributed by atoms with Crippen molar-refractivity contribution in [2.75, 3.05) is 22.2 Å². The molecule has 6 heteroatoms. The number of rotatable bonds is 4. The topological polar surface area (TPSA) is 58.0 Å². The third-order valence-corrected chi connectivity index (χ3v) is 5.50. The lowest BCUT2D eigenvalue weighted by molar-refractivity contribution is 0.727. The van der Waals surface area contributed by atoms with Gasteiger partial charge in [-0.15, -0.1) is 0 Å². The molecule has 2 atom stereocenters. The molecule has 2 aliphatic rings. The Bertz CT molecular complexity index is 993. The van der Waals surface area contributed by atoms with E-state index >= 15 is 0 Å². The van der Waals surface area contributed by atoms with Crippen molar-refractivity contribution < 1.29 is 0 Å². The Morgan fingerprint density at radius 2 is 2.00 bits per heavy atom. The molecule has 6 nitrogen and oxygen atoms in total. The van der Waals surface area contributed by atoms with E-state index in [1.54, 1.807) is 6.20 Å². The summed E-state index contributed by atoms with van der Waals surface area (Å²) in [6.07, 6.45) is 8.38. The first-order chi connectivity index (χ1) is 13.8. The third kappa shape index (κ3) is 3.11. The van der Waals surface area contributed by atoms with Gasteiger partial charge in [-0.1, -0.05) is 36.4 Å². The van der Waals surface area contributed by atoms with Gasteiger partial charge < -0.3 is 15.6 Å². The maximum absolute atomic E-state index is 4.87. The molecule has 0 amide bonds. The van der Waals surface area contributed by atoms with Gasteiger partial charge in [0.05, 0.1) is 11.7 Å². The van der Waals surface area contributed by atoms with Crippen molar-refractivity contribution >= 4 is 17.3 Å². The highest BCUT2D eigenvalue weighted by Gasteiger charge is 2.23. The quantitative estimate of drug-likeness (QED) is 0.724. The fraction of sp³-hybridized carbons (Fsp3) is 0.273. The van der Waals surface area contributed by atoms with E-state index in [0.29, 0.717) is 6.04 Å². The minimum absolute atomic E-state index is 0.0622. The van der Waals surface area contributed by atoms with Crippen LogP contribution in [0, 0.1) is 0 Å². The molecule has 0 aliphatic carbocycles. The van der Waals surface area contributed by atoms with Gasteiger partial charge in [0.15, 0.2) is 5.82 Å². The number of pyridine rings is 1. The second kappa shape index (κ2) is 7.03. The average molecular weight is 372 g/mol. The van der Waals surface area contributed by atoms with Gasteiger partial charge in [-0.25, -0.2) is 14.6 Å². The number of hydrogen-bond acceptors (Lipinski definition) is 5. The summed E-state index contributed by atoms with van der Waals surface area (Å²) >= 11 is 0. The maximum Gasteiger partial charge on any atom is 0.174 e. The summed E-state index contributed by atoms with van der Waals surface area (Å²) in [5, 5.41) is 3.50. The molecular weight excluding hydrogens is 348 g/mol. The Kier molecular flexibility index (Phi) is 4.24. The number of aromatic nitrogens is 3. The number of imidazole rings is 1. The van der Waals surface area contributed by atoms with E-state index in [1.165, 1.54) is 18.4 Å².